The molecule has 12 heteroatoms. The summed E-state index contributed by atoms with van der Waals surface area (Å²) in [5.74, 6) is 0.865. The first-order chi connectivity index (χ1) is 14.9. The van der Waals surface area contributed by atoms with E-state index in [2.05, 4.69) is 0 Å². The van der Waals surface area contributed by atoms with Crippen LogP contribution in [0.25, 0.3) is 0 Å². The van der Waals surface area contributed by atoms with Gasteiger partial charge in [0.05, 0.1) is 33.0 Å². The summed E-state index contributed by atoms with van der Waals surface area (Å²) in [6, 6.07) is 6.52. The molecule has 1 unspecified atom stereocenters. The van der Waals surface area contributed by atoms with E-state index in [0.717, 1.165) is 3.57 Å². The molecular weight excluding hydrogens is 728 g/mol. The molecule has 0 heterocycles. The number of halogens is 2. The molecule has 0 amide bonds. The van der Waals surface area contributed by atoms with Crippen molar-refractivity contribution < 1.29 is 69.4 Å². The second kappa shape index (κ2) is 24.0. The fraction of sp³-hybridized carbons (Fsp3) is 0.423. The maximum absolute atomic E-state index is 11.3. The van der Waals surface area contributed by atoms with Crippen LogP contribution in [-0.2, 0) is 9.59 Å². The number of hydrogen-bond donors (Lipinski definition) is 1. The number of benzene rings is 2. The fourth-order valence-electron chi connectivity index (χ4n) is 2.50. The minimum atomic E-state index is -0.630. The molecule has 0 aliphatic carbocycles. The second-order valence-electron chi connectivity index (χ2n) is 6.43. The van der Waals surface area contributed by atoms with Crippen LogP contribution in [0.2, 0.25) is 0 Å². The standard InChI is InChI=1S/C11H13IO4.C11H11IO4.4CH4.B.Na.H/c2*1-6(13)8-4-9(12)11(16-7(2)14)5-10(8)15-3;;;;;;;/h4-6,13H,1-3H3;4-5H,1-3H3;4*1H4;;;/q;;;;;;;+1;-1. The van der Waals surface area contributed by atoms with Crippen LogP contribution in [0.5, 0.6) is 23.0 Å². The van der Waals surface area contributed by atoms with Crippen LogP contribution in [-0.4, -0.2) is 45.5 Å². The van der Waals surface area contributed by atoms with Gasteiger partial charge >= 0.3 is 41.5 Å². The van der Waals surface area contributed by atoms with Crippen LogP contribution in [0.3, 0.4) is 0 Å². The van der Waals surface area contributed by atoms with E-state index in [1.807, 2.05) is 45.2 Å². The van der Waals surface area contributed by atoms with E-state index in [9.17, 15) is 19.5 Å². The van der Waals surface area contributed by atoms with Crippen molar-refractivity contribution in [3.63, 3.8) is 0 Å². The number of methoxy groups -OCH3 is 2. The van der Waals surface area contributed by atoms with Crippen LogP contribution < -0.4 is 48.5 Å². The predicted octanol–water partition coefficient (Wildman–Crippen LogP) is 3.99. The average Bonchev–Trinajstić information content (AvgIpc) is 2.69. The van der Waals surface area contributed by atoms with Gasteiger partial charge in [0.15, 0.2) is 5.78 Å². The van der Waals surface area contributed by atoms with Gasteiger partial charge in [-0.05, 0) is 71.2 Å². The summed E-state index contributed by atoms with van der Waals surface area (Å²) in [5, 5.41) is 9.54. The van der Waals surface area contributed by atoms with E-state index in [0.29, 0.717) is 37.7 Å². The smallest absolute Gasteiger partial charge is 1.00 e. The van der Waals surface area contributed by atoms with E-state index in [1.54, 1.807) is 31.2 Å². The first-order valence-corrected chi connectivity index (χ1v) is 11.4. The molecule has 0 aromatic heterocycles. The largest absolute Gasteiger partial charge is 1.00 e. The van der Waals surface area contributed by atoms with Crippen LogP contribution in [0.1, 0.15) is 80.9 Å². The molecule has 3 radical (unpaired) electrons. The maximum atomic E-state index is 11.3. The Labute approximate surface area is 281 Å². The Kier molecular flexibility index (Phi) is 31.6. The average molecular weight is 769 g/mol. The van der Waals surface area contributed by atoms with Crippen LogP contribution in [0, 0.1) is 7.14 Å². The minimum absolute atomic E-state index is 0. The van der Waals surface area contributed by atoms with Gasteiger partial charge in [0.1, 0.15) is 23.0 Å². The van der Waals surface area contributed by atoms with E-state index in [-0.39, 0.29) is 80.9 Å². The predicted molar refractivity (Wildman–Crippen MR) is 168 cm³/mol. The molecular formula is C26H41BI2NaO8. The summed E-state index contributed by atoms with van der Waals surface area (Å²) in [5.41, 5.74) is 1.14. The molecule has 38 heavy (non-hydrogen) atoms. The molecule has 2 rings (SSSR count). The van der Waals surface area contributed by atoms with Crippen molar-refractivity contribution in [3.05, 3.63) is 42.5 Å². The molecule has 0 saturated carbocycles. The molecule has 2 aromatic rings. The van der Waals surface area contributed by atoms with Gasteiger partial charge in [-0.25, -0.2) is 0 Å². The molecule has 0 bridgehead atoms. The Morgan fingerprint density at radius 2 is 1.13 bits per heavy atom. The summed E-state index contributed by atoms with van der Waals surface area (Å²) in [6.45, 7) is 5.77. The van der Waals surface area contributed by atoms with Crippen molar-refractivity contribution in [2.75, 3.05) is 14.2 Å². The third kappa shape index (κ3) is 15.7. The summed E-state index contributed by atoms with van der Waals surface area (Å²) in [6.07, 6.45) is -0.630. The Morgan fingerprint density at radius 1 is 0.763 bits per heavy atom. The molecule has 2 aromatic carbocycles. The minimum Gasteiger partial charge on any atom is -1.00 e. The molecule has 0 saturated heterocycles. The molecule has 1 atom stereocenters. The van der Waals surface area contributed by atoms with Gasteiger partial charge < -0.3 is 25.5 Å². The molecule has 0 aliphatic rings. The first kappa shape index (κ1) is 50.0. The molecule has 1 N–H and O–H groups in total. The van der Waals surface area contributed by atoms with E-state index in [4.69, 9.17) is 18.9 Å². The number of hydrogen-bond acceptors (Lipinski definition) is 8. The zero-order valence-corrected chi connectivity index (χ0v) is 26.3. The van der Waals surface area contributed by atoms with E-state index >= 15 is 0 Å². The third-order valence-corrected chi connectivity index (χ3v) is 5.56. The van der Waals surface area contributed by atoms with Crippen molar-refractivity contribution in [1.29, 1.82) is 0 Å². The normalized spacial score (nSPS) is 9.18. The van der Waals surface area contributed by atoms with E-state index in [1.165, 1.54) is 35.0 Å². The second-order valence-corrected chi connectivity index (χ2v) is 8.75. The monoisotopic (exact) mass is 769 g/mol. The fourth-order valence-corrected chi connectivity index (χ4v) is 3.68. The third-order valence-electron chi connectivity index (χ3n) is 3.87. The zero-order valence-electron chi connectivity index (χ0n) is 21.0. The Balaban J connectivity index is -0.0000000890. The Hall–Kier alpha value is -0.865. The van der Waals surface area contributed by atoms with Crippen molar-refractivity contribution in [2.24, 2.45) is 0 Å². The van der Waals surface area contributed by atoms with Gasteiger partial charge in [-0.3, -0.25) is 14.4 Å². The number of carbonyl (C=O) groups excluding carboxylic acids is 3. The molecule has 0 fully saturated rings. The van der Waals surface area contributed by atoms with E-state index < -0.39 is 12.1 Å². The molecule has 8 nitrogen and oxygen atoms in total. The van der Waals surface area contributed by atoms with Gasteiger partial charge in [-0.1, -0.05) is 29.7 Å². The Bertz CT molecular complexity index is 1020. The molecule has 211 valence electrons. The number of rotatable bonds is 6. The summed E-state index contributed by atoms with van der Waals surface area (Å²) in [4.78, 5) is 33.0. The van der Waals surface area contributed by atoms with Gasteiger partial charge in [-0.2, -0.15) is 0 Å². The summed E-state index contributed by atoms with van der Waals surface area (Å²) in [7, 11) is 2.97. The topological polar surface area (TPSA) is 108 Å². The maximum Gasteiger partial charge on any atom is 1.00 e. The van der Waals surface area contributed by atoms with Crippen LogP contribution in [0.15, 0.2) is 24.3 Å². The van der Waals surface area contributed by atoms with Gasteiger partial charge in [0, 0.05) is 40.0 Å². The SMILES string of the molecule is C.C.C.C.COc1cc(OC(C)=O)c(I)cc1C(C)=O.COc1cc(OC(C)=O)c(I)cc1C(C)O.[B].[H-].[Na+]. The van der Waals surface area contributed by atoms with Gasteiger partial charge in [-0.15, -0.1) is 0 Å². The van der Waals surface area contributed by atoms with Crippen molar-refractivity contribution in [1.82, 2.24) is 0 Å². The van der Waals surface area contributed by atoms with Crippen molar-refractivity contribution in [2.45, 2.75) is 63.5 Å². The summed E-state index contributed by atoms with van der Waals surface area (Å²) < 4.78 is 21.6. The van der Waals surface area contributed by atoms with Crippen molar-refractivity contribution in [3.8, 4) is 23.0 Å². The zero-order chi connectivity index (χ0) is 24.6. The first-order valence-electron chi connectivity index (χ1n) is 9.22. The molecule has 0 spiro atoms. The number of ether oxygens (including phenoxy) is 4. The quantitative estimate of drug-likeness (QED) is 0.155. The van der Waals surface area contributed by atoms with Crippen LogP contribution in [0.4, 0.5) is 0 Å². The van der Waals surface area contributed by atoms with Crippen molar-refractivity contribution >= 4 is 71.3 Å². The van der Waals surface area contributed by atoms with Crippen LogP contribution >= 0.6 is 45.2 Å². The summed E-state index contributed by atoms with van der Waals surface area (Å²) >= 11 is 4.04. The van der Waals surface area contributed by atoms with Gasteiger partial charge in [0.2, 0.25) is 0 Å². The number of esters is 2. The molecule has 0 aliphatic heterocycles. The number of aliphatic hydroxyl groups is 1. The number of ketones is 1. The number of carbonyl (C=O) groups is 3. The number of Topliss-reactive ketones (excluding diaryl/α,β-unsaturated/α-hetero) is 1. The van der Waals surface area contributed by atoms with Gasteiger partial charge in [0.25, 0.3) is 0 Å². The Morgan fingerprint density at radius 3 is 1.45 bits per heavy atom. The number of aliphatic hydroxyl groups excluding tert-OH is 1.